The van der Waals surface area contributed by atoms with Gasteiger partial charge in [-0.25, -0.2) is 9.97 Å². The van der Waals surface area contributed by atoms with E-state index in [1.165, 1.54) is 16.6 Å². The zero-order valence-electron chi connectivity index (χ0n) is 28.7. The predicted molar refractivity (Wildman–Crippen MR) is 189 cm³/mol. The smallest absolute Gasteiger partial charge is 0.255 e. The predicted octanol–water partition coefficient (Wildman–Crippen LogP) is 5.25. The molecule has 1 unspecified atom stereocenters. The Hall–Kier alpha value is -4.64. The fourth-order valence-corrected chi connectivity index (χ4v) is 7.94. The van der Waals surface area contributed by atoms with Crippen LogP contribution in [0.5, 0.6) is 0 Å². The Bertz CT molecular complexity index is 1880. The van der Waals surface area contributed by atoms with Crippen molar-refractivity contribution in [2.75, 3.05) is 11.9 Å². The standard InChI is InChI=1S/C38H46N8O3/c1-23(2)35-29-20-25(11-14-32(29)44-45(35)3)31-17-19-40-38(42-31)41-27-13-12-26(21-27)39-18-6-4-5-8-24-9-7-10-28-30(24)22-46(37(28)49)33-15-16-34(47)43-36(33)48/h7,9-11,14,17,19-20,23,26-27,33,39H,4-6,8,12-13,15-16,18,21-22H2,1-3H3,(H,40,41,42)(H,43,47,48)/t26-,27-,33?/m0/s1. The highest BCUT2D eigenvalue weighted by molar-refractivity contribution is 6.05. The first kappa shape index (κ1) is 32.9. The molecule has 11 heteroatoms. The monoisotopic (exact) mass is 662 g/mol. The molecule has 1 saturated heterocycles. The van der Waals surface area contributed by atoms with Gasteiger partial charge < -0.3 is 15.5 Å². The van der Waals surface area contributed by atoms with Crippen LogP contribution >= 0.6 is 0 Å². The van der Waals surface area contributed by atoms with E-state index in [4.69, 9.17) is 4.98 Å². The number of benzene rings is 2. The first-order valence-corrected chi connectivity index (χ1v) is 17.8. The fraction of sp³-hybridized carbons (Fsp3) is 0.474. The van der Waals surface area contributed by atoms with Gasteiger partial charge in [-0.05, 0) is 92.8 Å². The normalized spacial score (nSPS) is 20.8. The first-order valence-electron chi connectivity index (χ1n) is 17.8. The lowest BCUT2D eigenvalue weighted by Gasteiger charge is -2.29. The Kier molecular flexibility index (Phi) is 9.44. The van der Waals surface area contributed by atoms with Crippen LogP contribution < -0.4 is 16.0 Å². The Labute approximate surface area is 287 Å². The van der Waals surface area contributed by atoms with E-state index in [0.29, 0.717) is 42.5 Å². The van der Waals surface area contributed by atoms with Gasteiger partial charge in [0.15, 0.2) is 0 Å². The van der Waals surface area contributed by atoms with Crippen LogP contribution in [0.2, 0.25) is 0 Å². The number of rotatable bonds is 12. The molecule has 0 spiro atoms. The number of nitrogens with zero attached hydrogens (tertiary/aromatic N) is 5. The van der Waals surface area contributed by atoms with E-state index in [-0.39, 0.29) is 24.1 Å². The van der Waals surface area contributed by atoms with Crippen molar-refractivity contribution < 1.29 is 14.4 Å². The van der Waals surface area contributed by atoms with E-state index in [0.717, 1.165) is 73.8 Å². The van der Waals surface area contributed by atoms with E-state index in [2.05, 4.69) is 64.1 Å². The quantitative estimate of drug-likeness (QED) is 0.138. The Balaban J connectivity index is 0.854. The second kappa shape index (κ2) is 14.1. The molecule has 2 aromatic heterocycles. The van der Waals surface area contributed by atoms with Crippen LogP contribution in [0.15, 0.2) is 48.7 Å². The van der Waals surface area contributed by atoms with E-state index in [1.807, 2.05) is 36.1 Å². The summed E-state index contributed by atoms with van der Waals surface area (Å²) in [6.07, 6.45) is 9.87. The van der Waals surface area contributed by atoms with Crippen molar-refractivity contribution in [3.63, 3.8) is 0 Å². The molecule has 256 valence electrons. The minimum atomic E-state index is -0.578. The molecule has 7 rings (SSSR count). The maximum absolute atomic E-state index is 13.1. The zero-order valence-corrected chi connectivity index (χ0v) is 28.7. The zero-order chi connectivity index (χ0) is 34.1. The highest BCUT2D eigenvalue weighted by Gasteiger charge is 2.39. The van der Waals surface area contributed by atoms with E-state index >= 15 is 0 Å². The van der Waals surface area contributed by atoms with Crippen molar-refractivity contribution in [2.24, 2.45) is 7.05 Å². The molecule has 1 saturated carbocycles. The molecule has 4 aromatic rings. The minimum Gasteiger partial charge on any atom is -0.351 e. The summed E-state index contributed by atoms with van der Waals surface area (Å²) >= 11 is 0. The Morgan fingerprint density at radius 3 is 2.69 bits per heavy atom. The van der Waals surface area contributed by atoms with Gasteiger partial charge in [-0.3, -0.25) is 24.4 Å². The van der Waals surface area contributed by atoms with Crippen LogP contribution in [0, 0.1) is 0 Å². The average Bonchev–Trinajstić information content (AvgIpc) is 3.77. The summed E-state index contributed by atoms with van der Waals surface area (Å²) in [4.78, 5) is 48.2. The molecule has 3 N–H and O–H groups in total. The number of hydrogen-bond acceptors (Lipinski definition) is 8. The van der Waals surface area contributed by atoms with Gasteiger partial charge in [0.1, 0.15) is 6.04 Å². The van der Waals surface area contributed by atoms with Gasteiger partial charge >= 0.3 is 0 Å². The molecular weight excluding hydrogens is 616 g/mol. The lowest BCUT2D eigenvalue weighted by molar-refractivity contribution is -0.136. The number of nitrogens with one attached hydrogen (secondary N) is 3. The maximum atomic E-state index is 13.1. The molecule has 0 radical (unpaired) electrons. The number of anilines is 1. The number of carbonyl (C=O) groups is 3. The van der Waals surface area contributed by atoms with Crippen LogP contribution in [0.1, 0.15) is 98.3 Å². The van der Waals surface area contributed by atoms with Gasteiger partial charge in [0.05, 0.1) is 11.2 Å². The van der Waals surface area contributed by atoms with Gasteiger partial charge in [-0.1, -0.05) is 38.5 Å². The number of amides is 3. The number of unbranched alkanes of at least 4 members (excludes halogenated alkanes) is 2. The summed E-state index contributed by atoms with van der Waals surface area (Å²) in [5.74, 6) is 0.308. The molecular formula is C38H46N8O3. The molecule has 0 bridgehead atoms. The summed E-state index contributed by atoms with van der Waals surface area (Å²) in [6, 6.07) is 14.5. The molecule has 49 heavy (non-hydrogen) atoms. The molecule has 1 aliphatic carbocycles. The van der Waals surface area contributed by atoms with Crippen molar-refractivity contribution in [3.8, 4) is 11.3 Å². The molecule has 11 nitrogen and oxygen atoms in total. The number of aromatic nitrogens is 4. The first-order chi connectivity index (χ1) is 23.7. The summed E-state index contributed by atoms with van der Waals surface area (Å²) in [6.45, 7) is 5.81. The molecule has 3 atom stereocenters. The maximum Gasteiger partial charge on any atom is 0.255 e. The second-order valence-corrected chi connectivity index (χ2v) is 14.1. The van der Waals surface area contributed by atoms with Gasteiger partial charge in [0, 0.05) is 60.5 Å². The van der Waals surface area contributed by atoms with Crippen molar-refractivity contribution in [1.82, 2.24) is 35.3 Å². The van der Waals surface area contributed by atoms with Gasteiger partial charge in [-0.2, -0.15) is 5.10 Å². The third-order valence-electron chi connectivity index (χ3n) is 10.4. The lowest BCUT2D eigenvalue weighted by Crippen LogP contribution is -2.52. The van der Waals surface area contributed by atoms with E-state index in [1.54, 1.807) is 4.90 Å². The third-order valence-corrected chi connectivity index (χ3v) is 10.4. The molecule has 2 fully saturated rings. The summed E-state index contributed by atoms with van der Waals surface area (Å²) in [5, 5.41) is 15.6. The van der Waals surface area contributed by atoms with E-state index < -0.39 is 6.04 Å². The average molecular weight is 663 g/mol. The number of piperidine rings is 1. The fourth-order valence-electron chi connectivity index (χ4n) is 7.94. The van der Waals surface area contributed by atoms with Crippen LogP contribution in [0.4, 0.5) is 5.95 Å². The lowest BCUT2D eigenvalue weighted by atomic mass is 9.98. The van der Waals surface area contributed by atoms with Gasteiger partial charge in [0.2, 0.25) is 17.8 Å². The van der Waals surface area contributed by atoms with Crippen molar-refractivity contribution >= 4 is 34.6 Å². The van der Waals surface area contributed by atoms with Gasteiger partial charge in [-0.15, -0.1) is 0 Å². The second-order valence-electron chi connectivity index (χ2n) is 14.1. The molecule has 3 aliphatic rings. The van der Waals surface area contributed by atoms with Crippen LogP contribution in [0.25, 0.3) is 22.2 Å². The highest BCUT2D eigenvalue weighted by atomic mass is 16.2. The van der Waals surface area contributed by atoms with Gasteiger partial charge in [0.25, 0.3) is 5.91 Å². The largest absolute Gasteiger partial charge is 0.351 e. The molecule has 2 aromatic carbocycles. The Morgan fingerprint density at radius 1 is 1.00 bits per heavy atom. The molecule has 2 aliphatic heterocycles. The highest BCUT2D eigenvalue weighted by Crippen LogP contribution is 2.32. The SMILES string of the molecule is CC(C)c1c2cc(-c3ccnc(N[C@H]4CC[C@H](NCCCCCc5cccc6c5CN(C5CCC(=O)NC5=O)C6=O)C4)n3)ccc2nn1C. The summed E-state index contributed by atoms with van der Waals surface area (Å²) in [5.41, 5.74) is 7.11. The van der Waals surface area contributed by atoms with Crippen LogP contribution in [-0.2, 0) is 29.6 Å². The summed E-state index contributed by atoms with van der Waals surface area (Å²) < 4.78 is 1.98. The number of fused-ring (bicyclic) bond motifs is 2. The van der Waals surface area contributed by atoms with Crippen molar-refractivity contribution in [1.29, 1.82) is 0 Å². The van der Waals surface area contributed by atoms with Crippen LogP contribution in [0.3, 0.4) is 0 Å². The summed E-state index contributed by atoms with van der Waals surface area (Å²) in [7, 11) is 2.01. The number of carbonyl (C=O) groups excluding carboxylic acids is 3. The number of hydrogen-bond donors (Lipinski definition) is 3. The third kappa shape index (κ3) is 6.94. The molecule has 4 heterocycles. The minimum absolute atomic E-state index is 0.109. The Morgan fingerprint density at radius 2 is 1.86 bits per heavy atom. The van der Waals surface area contributed by atoms with Crippen LogP contribution in [-0.4, -0.2) is 67.0 Å². The van der Waals surface area contributed by atoms with Crippen molar-refractivity contribution in [3.05, 3.63) is 71.0 Å². The number of imide groups is 1. The number of aryl methyl sites for hydroxylation is 2. The topological polar surface area (TPSA) is 134 Å². The van der Waals surface area contributed by atoms with E-state index in [9.17, 15) is 14.4 Å². The van der Waals surface area contributed by atoms with Crippen molar-refractivity contribution in [2.45, 2.75) is 102 Å². The molecule has 3 amide bonds.